The molecular formula is C14H15ClN2O2S. The largest absolute Gasteiger partial charge is 0.396 e. The van der Waals surface area contributed by atoms with Crippen LogP contribution in [0.4, 0.5) is 0 Å². The zero-order chi connectivity index (χ0) is 14.4. The average molecular weight is 311 g/mol. The number of nitrogens with one attached hydrogen (secondary N) is 1. The lowest BCUT2D eigenvalue weighted by Crippen LogP contribution is -2.23. The first-order valence-corrected chi connectivity index (χ1v) is 7.51. The molecule has 20 heavy (non-hydrogen) atoms. The second kappa shape index (κ2) is 7.38. The lowest BCUT2D eigenvalue weighted by atomic mass is 10.2. The predicted octanol–water partition coefficient (Wildman–Crippen LogP) is 2.97. The maximum absolute atomic E-state index is 11.9. The van der Waals surface area contributed by atoms with Crippen molar-refractivity contribution in [3.8, 4) is 10.6 Å². The normalized spacial score (nSPS) is 10.5. The van der Waals surface area contributed by atoms with Crippen molar-refractivity contribution in [3.63, 3.8) is 0 Å². The summed E-state index contributed by atoms with van der Waals surface area (Å²) in [7, 11) is 0. The summed E-state index contributed by atoms with van der Waals surface area (Å²) in [6, 6.07) is 7.36. The molecule has 2 aromatic rings. The Morgan fingerprint density at radius 3 is 2.75 bits per heavy atom. The van der Waals surface area contributed by atoms with Crippen LogP contribution >= 0.6 is 22.9 Å². The fraction of sp³-hybridized carbons (Fsp3) is 0.286. The van der Waals surface area contributed by atoms with Crippen molar-refractivity contribution in [2.24, 2.45) is 0 Å². The van der Waals surface area contributed by atoms with Gasteiger partial charge in [0, 0.05) is 23.7 Å². The highest BCUT2D eigenvalue weighted by molar-refractivity contribution is 7.16. The third kappa shape index (κ3) is 4.03. The molecule has 0 aliphatic rings. The Kier molecular flexibility index (Phi) is 5.52. The number of carbonyl (C=O) groups is 1. The van der Waals surface area contributed by atoms with Crippen LogP contribution in [0.5, 0.6) is 0 Å². The fourth-order valence-corrected chi connectivity index (χ4v) is 2.59. The Morgan fingerprint density at radius 2 is 2.05 bits per heavy atom. The van der Waals surface area contributed by atoms with Gasteiger partial charge >= 0.3 is 0 Å². The summed E-state index contributed by atoms with van der Waals surface area (Å²) in [5.41, 5.74) is 0.943. The van der Waals surface area contributed by atoms with Crippen LogP contribution in [0.15, 0.2) is 30.5 Å². The first-order valence-electron chi connectivity index (χ1n) is 6.31. The van der Waals surface area contributed by atoms with Gasteiger partial charge < -0.3 is 10.4 Å². The van der Waals surface area contributed by atoms with Gasteiger partial charge in [-0.25, -0.2) is 4.98 Å². The Bertz CT molecular complexity index is 569. The quantitative estimate of drug-likeness (QED) is 0.806. The van der Waals surface area contributed by atoms with E-state index < -0.39 is 0 Å². The SMILES string of the molecule is O=C(NCCCCO)c1cnc(-c2ccc(Cl)cc2)s1. The third-order valence-corrected chi connectivity index (χ3v) is 3.99. The summed E-state index contributed by atoms with van der Waals surface area (Å²) in [5, 5.41) is 12.9. The molecule has 1 amide bonds. The van der Waals surface area contributed by atoms with E-state index in [0.29, 0.717) is 22.9 Å². The molecule has 4 nitrogen and oxygen atoms in total. The van der Waals surface area contributed by atoms with Crippen molar-refractivity contribution in [3.05, 3.63) is 40.4 Å². The fourth-order valence-electron chi connectivity index (χ4n) is 1.63. The minimum Gasteiger partial charge on any atom is -0.396 e. The number of hydrogen-bond donors (Lipinski definition) is 2. The zero-order valence-corrected chi connectivity index (χ0v) is 12.4. The smallest absolute Gasteiger partial charge is 0.263 e. The maximum Gasteiger partial charge on any atom is 0.263 e. The van der Waals surface area contributed by atoms with Gasteiger partial charge in [-0.2, -0.15) is 0 Å². The molecule has 2 N–H and O–H groups in total. The molecule has 1 heterocycles. The van der Waals surface area contributed by atoms with Gasteiger partial charge in [0.1, 0.15) is 9.88 Å². The van der Waals surface area contributed by atoms with Crippen molar-refractivity contribution in [2.45, 2.75) is 12.8 Å². The maximum atomic E-state index is 11.9. The molecule has 2 rings (SSSR count). The first-order chi connectivity index (χ1) is 9.70. The van der Waals surface area contributed by atoms with Crippen molar-refractivity contribution < 1.29 is 9.90 Å². The molecule has 0 spiro atoms. The summed E-state index contributed by atoms with van der Waals surface area (Å²) in [5.74, 6) is -0.124. The van der Waals surface area contributed by atoms with Gasteiger partial charge in [0.2, 0.25) is 0 Å². The van der Waals surface area contributed by atoms with E-state index in [1.165, 1.54) is 11.3 Å². The highest BCUT2D eigenvalue weighted by Crippen LogP contribution is 2.26. The predicted molar refractivity (Wildman–Crippen MR) is 81.2 cm³/mol. The molecule has 6 heteroatoms. The van der Waals surface area contributed by atoms with E-state index >= 15 is 0 Å². The van der Waals surface area contributed by atoms with Crippen LogP contribution in [0.3, 0.4) is 0 Å². The second-order valence-electron chi connectivity index (χ2n) is 4.22. The summed E-state index contributed by atoms with van der Waals surface area (Å²) in [6.45, 7) is 0.713. The third-order valence-electron chi connectivity index (χ3n) is 2.69. The van der Waals surface area contributed by atoms with Crippen molar-refractivity contribution in [1.82, 2.24) is 10.3 Å². The van der Waals surface area contributed by atoms with E-state index in [-0.39, 0.29) is 12.5 Å². The molecule has 0 unspecified atom stereocenters. The van der Waals surface area contributed by atoms with Gasteiger partial charge in [-0.05, 0) is 25.0 Å². The van der Waals surface area contributed by atoms with E-state index in [1.807, 2.05) is 12.1 Å². The minimum atomic E-state index is -0.124. The minimum absolute atomic E-state index is 0.124. The van der Waals surface area contributed by atoms with Crippen LogP contribution in [0.2, 0.25) is 5.02 Å². The van der Waals surface area contributed by atoms with Gasteiger partial charge in [0.25, 0.3) is 5.91 Å². The summed E-state index contributed by atoms with van der Waals surface area (Å²) in [4.78, 5) is 16.7. The highest BCUT2D eigenvalue weighted by Gasteiger charge is 2.11. The Hall–Kier alpha value is -1.43. The number of aliphatic hydroxyl groups is 1. The van der Waals surface area contributed by atoms with Crippen LogP contribution in [0.25, 0.3) is 10.6 Å². The van der Waals surface area contributed by atoms with E-state index in [0.717, 1.165) is 17.0 Å². The number of amides is 1. The standard InChI is InChI=1S/C14H15ClN2O2S/c15-11-5-3-10(4-6-11)14-17-9-12(20-14)13(19)16-7-1-2-8-18/h3-6,9,18H,1-2,7-8H2,(H,16,19). The van der Waals surface area contributed by atoms with Crippen LogP contribution < -0.4 is 5.32 Å². The lowest BCUT2D eigenvalue weighted by Gasteiger charge is -2.01. The number of halogens is 1. The number of aliphatic hydroxyl groups excluding tert-OH is 1. The van der Waals surface area contributed by atoms with Gasteiger partial charge in [0.15, 0.2) is 0 Å². The Labute approximate surface area is 126 Å². The van der Waals surface area contributed by atoms with Crippen LogP contribution in [-0.4, -0.2) is 29.1 Å². The first kappa shape index (κ1) is 15.0. The number of unbranched alkanes of at least 4 members (excludes halogenated alkanes) is 1. The van der Waals surface area contributed by atoms with Crippen LogP contribution in [0.1, 0.15) is 22.5 Å². The molecule has 106 valence electrons. The molecule has 1 aromatic carbocycles. The van der Waals surface area contributed by atoms with E-state index in [1.54, 1.807) is 18.3 Å². The van der Waals surface area contributed by atoms with Crippen molar-refractivity contribution in [1.29, 1.82) is 0 Å². The van der Waals surface area contributed by atoms with E-state index in [9.17, 15) is 4.79 Å². The molecule has 0 bridgehead atoms. The van der Waals surface area contributed by atoms with Crippen LogP contribution in [0, 0.1) is 0 Å². The summed E-state index contributed by atoms with van der Waals surface area (Å²) in [6.07, 6.45) is 3.04. The summed E-state index contributed by atoms with van der Waals surface area (Å²) >= 11 is 7.19. The molecule has 0 radical (unpaired) electrons. The van der Waals surface area contributed by atoms with Gasteiger partial charge in [0.05, 0.1) is 6.20 Å². The number of nitrogens with zero attached hydrogens (tertiary/aromatic N) is 1. The number of rotatable bonds is 6. The number of aromatic nitrogens is 1. The van der Waals surface area contributed by atoms with Gasteiger partial charge in [-0.1, -0.05) is 23.7 Å². The van der Waals surface area contributed by atoms with Crippen molar-refractivity contribution >= 4 is 28.8 Å². The monoisotopic (exact) mass is 310 g/mol. The number of benzene rings is 1. The van der Waals surface area contributed by atoms with Crippen LogP contribution in [-0.2, 0) is 0 Å². The van der Waals surface area contributed by atoms with Gasteiger partial charge in [-0.3, -0.25) is 4.79 Å². The lowest BCUT2D eigenvalue weighted by molar-refractivity contribution is 0.0956. The molecule has 0 atom stereocenters. The second-order valence-corrected chi connectivity index (χ2v) is 5.69. The number of hydrogen-bond acceptors (Lipinski definition) is 4. The van der Waals surface area contributed by atoms with E-state index in [4.69, 9.17) is 16.7 Å². The molecule has 0 aliphatic carbocycles. The molecular weight excluding hydrogens is 296 g/mol. The van der Waals surface area contributed by atoms with Gasteiger partial charge in [-0.15, -0.1) is 11.3 Å². The van der Waals surface area contributed by atoms with E-state index in [2.05, 4.69) is 10.3 Å². The molecule has 0 aliphatic heterocycles. The molecule has 1 aromatic heterocycles. The molecule has 0 saturated heterocycles. The number of thiazole rings is 1. The average Bonchev–Trinajstić information content (AvgIpc) is 2.94. The number of carbonyl (C=O) groups excluding carboxylic acids is 1. The van der Waals surface area contributed by atoms with Crippen molar-refractivity contribution in [2.75, 3.05) is 13.2 Å². The summed E-state index contributed by atoms with van der Waals surface area (Å²) < 4.78 is 0. The highest BCUT2D eigenvalue weighted by atomic mass is 35.5. The molecule has 0 fully saturated rings. The topological polar surface area (TPSA) is 62.2 Å². The Balaban J connectivity index is 1.98. The molecule has 0 saturated carbocycles. The zero-order valence-electron chi connectivity index (χ0n) is 10.8. The Morgan fingerprint density at radius 1 is 1.30 bits per heavy atom.